The molecular weight excluding hydrogens is 388 g/mol. The van der Waals surface area contributed by atoms with Gasteiger partial charge in [-0.3, -0.25) is 9.59 Å². The molecule has 158 valence electrons. The van der Waals surface area contributed by atoms with E-state index in [0.717, 1.165) is 11.4 Å². The third-order valence-electron chi connectivity index (χ3n) is 4.77. The first-order valence-electron chi connectivity index (χ1n) is 9.40. The third kappa shape index (κ3) is 4.80. The lowest BCUT2D eigenvalue weighted by molar-refractivity contribution is -0.146. The number of hydrazone groups is 1. The van der Waals surface area contributed by atoms with Gasteiger partial charge in [-0.25, -0.2) is 5.43 Å². The number of para-hydroxylation sites is 2. The van der Waals surface area contributed by atoms with Crippen LogP contribution in [0.2, 0.25) is 0 Å². The Bertz CT molecular complexity index is 939. The highest BCUT2D eigenvalue weighted by molar-refractivity contribution is 6.35. The van der Waals surface area contributed by atoms with E-state index in [4.69, 9.17) is 9.47 Å². The first kappa shape index (κ1) is 21.0. The number of anilines is 1. The Balaban J connectivity index is 1.53. The lowest BCUT2D eigenvalue weighted by Crippen LogP contribution is -2.52. The van der Waals surface area contributed by atoms with Gasteiger partial charge in [-0.1, -0.05) is 12.1 Å². The number of piperazine rings is 1. The summed E-state index contributed by atoms with van der Waals surface area (Å²) in [6.07, 6.45) is 1.37. The van der Waals surface area contributed by atoms with Gasteiger partial charge in [-0.05, 0) is 35.9 Å². The fourth-order valence-corrected chi connectivity index (χ4v) is 3.17. The fourth-order valence-electron chi connectivity index (χ4n) is 3.17. The van der Waals surface area contributed by atoms with Crippen molar-refractivity contribution in [3.63, 3.8) is 0 Å². The molecular formula is C21H24N4O5. The van der Waals surface area contributed by atoms with Crippen molar-refractivity contribution in [3.8, 4) is 17.2 Å². The van der Waals surface area contributed by atoms with Crippen molar-refractivity contribution >= 4 is 23.7 Å². The molecule has 1 fully saturated rings. The Kier molecular flexibility index (Phi) is 6.74. The van der Waals surface area contributed by atoms with Crippen molar-refractivity contribution in [3.05, 3.63) is 48.0 Å². The maximum atomic E-state index is 12.4. The largest absolute Gasteiger partial charge is 0.504 e. The van der Waals surface area contributed by atoms with Gasteiger partial charge >= 0.3 is 11.8 Å². The molecule has 1 heterocycles. The van der Waals surface area contributed by atoms with Crippen LogP contribution in [-0.4, -0.2) is 68.4 Å². The summed E-state index contributed by atoms with van der Waals surface area (Å²) in [7, 11) is 3.06. The second kappa shape index (κ2) is 9.64. The maximum Gasteiger partial charge on any atom is 0.329 e. The number of ether oxygens (including phenoxy) is 2. The summed E-state index contributed by atoms with van der Waals surface area (Å²) in [5, 5.41) is 13.4. The second-order valence-corrected chi connectivity index (χ2v) is 6.58. The van der Waals surface area contributed by atoms with E-state index in [9.17, 15) is 14.7 Å². The molecule has 0 bridgehead atoms. The Morgan fingerprint density at radius 3 is 2.43 bits per heavy atom. The number of phenols is 1. The standard InChI is InChI=1S/C21H24N4O5/c1-29-18-6-4-3-5-16(18)24-9-11-25(12-10-24)21(28)20(27)23-22-14-15-7-8-17(26)19(13-15)30-2/h3-8,13-14,26H,9-12H2,1-2H3,(H,23,27). The van der Waals surface area contributed by atoms with Crippen LogP contribution >= 0.6 is 0 Å². The Labute approximate surface area is 174 Å². The number of amides is 2. The van der Waals surface area contributed by atoms with Gasteiger partial charge in [0.05, 0.1) is 26.1 Å². The Morgan fingerprint density at radius 1 is 1.03 bits per heavy atom. The average Bonchev–Trinajstić information content (AvgIpc) is 2.79. The van der Waals surface area contributed by atoms with Crippen LogP contribution in [0, 0.1) is 0 Å². The number of hydrogen-bond donors (Lipinski definition) is 2. The van der Waals surface area contributed by atoms with E-state index in [1.165, 1.54) is 24.3 Å². The molecule has 1 aliphatic rings. The zero-order chi connectivity index (χ0) is 21.5. The number of phenolic OH excluding ortho intramolecular Hbond substituents is 1. The lowest BCUT2D eigenvalue weighted by atomic mass is 10.2. The van der Waals surface area contributed by atoms with Crippen LogP contribution in [0.3, 0.4) is 0 Å². The predicted octanol–water partition coefficient (Wildman–Crippen LogP) is 1.21. The van der Waals surface area contributed by atoms with Crippen molar-refractivity contribution < 1.29 is 24.2 Å². The highest BCUT2D eigenvalue weighted by atomic mass is 16.5. The molecule has 0 aliphatic carbocycles. The third-order valence-corrected chi connectivity index (χ3v) is 4.77. The number of rotatable bonds is 5. The van der Waals surface area contributed by atoms with Crippen molar-refractivity contribution in [2.24, 2.45) is 5.10 Å². The molecule has 1 saturated heterocycles. The van der Waals surface area contributed by atoms with E-state index in [0.29, 0.717) is 31.7 Å². The van der Waals surface area contributed by atoms with E-state index < -0.39 is 11.8 Å². The highest BCUT2D eigenvalue weighted by Gasteiger charge is 2.26. The quantitative estimate of drug-likeness (QED) is 0.435. The van der Waals surface area contributed by atoms with Gasteiger partial charge in [0.25, 0.3) is 0 Å². The van der Waals surface area contributed by atoms with E-state index >= 15 is 0 Å². The number of nitrogens with zero attached hydrogens (tertiary/aromatic N) is 3. The molecule has 3 rings (SSSR count). The van der Waals surface area contributed by atoms with Gasteiger partial charge < -0.3 is 24.4 Å². The highest BCUT2D eigenvalue weighted by Crippen LogP contribution is 2.28. The van der Waals surface area contributed by atoms with E-state index in [-0.39, 0.29) is 11.5 Å². The van der Waals surface area contributed by atoms with E-state index in [1.54, 1.807) is 19.2 Å². The minimum absolute atomic E-state index is 0.00104. The topological polar surface area (TPSA) is 104 Å². The number of aromatic hydroxyl groups is 1. The molecule has 0 radical (unpaired) electrons. The molecule has 1 aliphatic heterocycles. The molecule has 0 saturated carbocycles. The zero-order valence-corrected chi connectivity index (χ0v) is 16.9. The van der Waals surface area contributed by atoms with Gasteiger partial charge in [-0.15, -0.1) is 0 Å². The molecule has 9 heteroatoms. The molecule has 2 aromatic rings. The second-order valence-electron chi connectivity index (χ2n) is 6.58. The first-order valence-corrected chi connectivity index (χ1v) is 9.40. The molecule has 30 heavy (non-hydrogen) atoms. The van der Waals surface area contributed by atoms with Crippen LogP contribution in [0.5, 0.6) is 17.2 Å². The molecule has 2 aromatic carbocycles. The first-order chi connectivity index (χ1) is 14.5. The zero-order valence-electron chi connectivity index (χ0n) is 16.9. The normalized spacial score (nSPS) is 13.9. The predicted molar refractivity (Wildman–Crippen MR) is 112 cm³/mol. The molecule has 2 amide bonds. The smallest absolute Gasteiger partial charge is 0.329 e. The van der Waals surface area contributed by atoms with Crippen LogP contribution < -0.4 is 19.8 Å². The molecule has 2 N–H and O–H groups in total. The van der Waals surface area contributed by atoms with E-state index in [1.807, 2.05) is 24.3 Å². The summed E-state index contributed by atoms with van der Waals surface area (Å²) in [4.78, 5) is 28.2. The van der Waals surface area contributed by atoms with Crippen molar-refractivity contribution in [2.45, 2.75) is 0 Å². The Hall–Kier alpha value is -3.75. The van der Waals surface area contributed by atoms with Crippen LogP contribution in [-0.2, 0) is 9.59 Å². The molecule has 0 aromatic heterocycles. The fraction of sp³-hybridized carbons (Fsp3) is 0.286. The van der Waals surface area contributed by atoms with Crippen LogP contribution in [0.1, 0.15) is 5.56 Å². The monoisotopic (exact) mass is 412 g/mol. The van der Waals surface area contributed by atoms with Gasteiger partial charge in [0.15, 0.2) is 11.5 Å². The van der Waals surface area contributed by atoms with Crippen LogP contribution in [0.4, 0.5) is 5.69 Å². The van der Waals surface area contributed by atoms with Gasteiger partial charge in [0.1, 0.15) is 5.75 Å². The SMILES string of the molecule is COc1cc(C=NNC(=O)C(=O)N2CCN(c3ccccc3OC)CC2)ccc1O. The number of benzene rings is 2. The molecule has 0 atom stereocenters. The summed E-state index contributed by atoms with van der Waals surface area (Å²) in [6, 6.07) is 12.3. The maximum absolute atomic E-state index is 12.4. The molecule has 0 spiro atoms. The van der Waals surface area contributed by atoms with Gasteiger partial charge in [0, 0.05) is 26.2 Å². The van der Waals surface area contributed by atoms with Gasteiger partial charge in [-0.2, -0.15) is 5.10 Å². The minimum atomic E-state index is -0.803. The number of hydrogen-bond acceptors (Lipinski definition) is 7. The average molecular weight is 412 g/mol. The summed E-state index contributed by atoms with van der Waals surface area (Å²) in [5.41, 5.74) is 3.81. The summed E-state index contributed by atoms with van der Waals surface area (Å²) in [6.45, 7) is 2.03. The summed E-state index contributed by atoms with van der Waals surface area (Å²) in [5.74, 6) is -0.372. The molecule has 0 unspecified atom stereocenters. The van der Waals surface area contributed by atoms with Gasteiger partial charge in [0.2, 0.25) is 0 Å². The van der Waals surface area contributed by atoms with Crippen LogP contribution in [0.25, 0.3) is 0 Å². The number of carbonyl (C=O) groups excluding carboxylic acids is 2. The lowest BCUT2D eigenvalue weighted by Gasteiger charge is -2.36. The van der Waals surface area contributed by atoms with Crippen LogP contribution in [0.15, 0.2) is 47.6 Å². The minimum Gasteiger partial charge on any atom is -0.504 e. The Morgan fingerprint density at radius 2 is 1.73 bits per heavy atom. The van der Waals surface area contributed by atoms with Crippen molar-refractivity contribution in [2.75, 3.05) is 45.3 Å². The van der Waals surface area contributed by atoms with E-state index in [2.05, 4.69) is 15.4 Å². The summed E-state index contributed by atoms with van der Waals surface area (Å²) < 4.78 is 10.4. The number of methoxy groups -OCH3 is 2. The molecule has 9 nitrogen and oxygen atoms in total. The van der Waals surface area contributed by atoms with Crippen molar-refractivity contribution in [1.29, 1.82) is 0 Å². The van der Waals surface area contributed by atoms with Crippen molar-refractivity contribution in [1.82, 2.24) is 10.3 Å². The summed E-state index contributed by atoms with van der Waals surface area (Å²) >= 11 is 0. The number of carbonyl (C=O) groups is 2. The number of nitrogens with one attached hydrogen (secondary N) is 1.